The van der Waals surface area contributed by atoms with Crippen LogP contribution in [-0.2, 0) is 9.59 Å². The van der Waals surface area contributed by atoms with Crippen molar-refractivity contribution in [2.45, 2.75) is 0 Å². The maximum atomic E-state index is 13.4. The van der Waals surface area contributed by atoms with Crippen LogP contribution in [0.5, 0.6) is 0 Å². The van der Waals surface area contributed by atoms with E-state index in [1.54, 1.807) is 0 Å². The average Bonchev–Trinajstić information content (AvgIpc) is 2.49. The lowest BCUT2D eigenvalue weighted by Crippen LogP contribution is -2.52. The monoisotopic (exact) mass is 306 g/mol. The highest BCUT2D eigenvalue weighted by Gasteiger charge is 2.37. The van der Waals surface area contributed by atoms with Crippen LogP contribution in [0.15, 0.2) is 35.9 Å². The molecule has 1 heterocycles. The van der Waals surface area contributed by atoms with Gasteiger partial charge < -0.3 is 0 Å². The molecule has 0 spiro atoms. The van der Waals surface area contributed by atoms with Crippen molar-refractivity contribution in [2.24, 2.45) is 0 Å². The van der Waals surface area contributed by atoms with Gasteiger partial charge in [0, 0.05) is 19.7 Å². The molecule has 2 rings (SSSR count). The Balaban J connectivity index is 2.33. The van der Waals surface area contributed by atoms with Gasteiger partial charge in [-0.05, 0) is 24.3 Å². The number of urea groups is 1. The minimum atomic E-state index is -0.772. The number of imide groups is 2. The van der Waals surface area contributed by atoms with Crippen molar-refractivity contribution in [1.29, 1.82) is 0 Å². The molecular weight excluding hydrogens is 294 g/mol. The van der Waals surface area contributed by atoms with E-state index < -0.39 is 29.5 Å². The van der Waals surface area contributed by atoms with Gasteiger partial charge in [-0.1, -0.05) is 12.1 Å². The van der Waals surface area contributed by atoms with Crippen molar-refractivity contribution >= 4 is 23.9 Å². The Hall–Kier alpha value is -2.83. The van der Waals surface area contributed by atoms with Crippen LogP contribution in [0.2, 0.25) is 0 Å². The van der Waals surface area contributed by atoms with Crippen LogP contribution < -0.4 is 0 Å². The third kappa shape index (κ3) is 2.65. The van der Waals surface area contributed by atoms with Crippen molar-refractivity contribution < 1.29 is 23.2 Å². The number of nitrogens with zero attached hydrogens (tertiary/aromatic N) is 2. The Morgan fingerprint density at radius 1 is 0.955 bits per heavy atom. The minimum absolute atomic E-state index is 0.266. The summed E-state index contributed by atoms with van der Waals surface area (Å²) in [7, 11) is 2.48. The predicted molar refractivity (Wildman–Crippen MR) is 74.4 cm³/mol. The van der Waals surface area contributed by atoms with Crippen molar-refractivity contribution in [1.82, 2.24) is 9.80 Å². The number of hydrogen-bond acceptors (Lipinski definition) is 3. The molecule has 0 N–H and O–H groups in total. The zero-order valence-electron chi connectivity index (χ0n) is 11.8. The molecule has 0 unspecified atom stereocenters. The first-order valence-electron chi connectivity index (χ1n) is 6.27. The molecule has 0 bridgehead atoms. The van der Waals surface area contributed by atoms with Crippen molar-refractivity contribution in [3.05, 3.63) is 53.1 Å². The van der Waals surface area contributed by atoms with Crippen LogP contribution in [0.4, 0.5) is 13.6 Å². The van der Waals surface area contributed by atoms with Crippen LogP contribution in [0.3, 0.4) is 0 Å². The predicted octanol–water partition coefficient (Wildman–Crippen LogP) is 1.95. The summed E-state index contributed by atoms with van der Waals surface area (Å²) in [6.07, 6.45) is 3.41. The van der Waals surface area contributed by atoms with Gasteiger partial charge >= 0.3 is 6.03 Å². The highest BCUT2D eigenvalue weighted by molar-refractivity contribution is 6.28. The van der Waals surface area contributed by atoms with Crippen LogP contribution in [0, 0.1) is 11.6 Å². The van der Waals surface area contributed by atoms with Gasteiger partial charge in [-0.25, -0.2) is 13.6 Å². The molecule has 1 aromatic rings. The van der Waals surface area contributed by atoms with E-state index in [9.17, 15) is 23.2 Å². The van der Waals surface area contributed by atoms with E-state index in [1.165, 1.54) is 26.2 Å². The summed E-state index contributed by atoms with van der Waals surface area (Å²) in [5.41, 5.74) is -0.551. The van der Waals surface area contributed by atoms with Gasteiger partial charge in [0.15, 0.2) is 0 Å². The fraction of sp³-hybridized carbons (Fsp3) is 0.133. The molecule has 4 amide bonds. The molecule has 22 heavy (non-hydrogen) atoms. The summed E-state index contributed by atoms with van der Waals surface area (Å²) in [6, 6.07) is 2.67. The number of likely N-dealkylation sites (N-methyl/N-ethyl adjacent to an activating group) is 2. The molecule has 1 aliphatic heterocycles. The second-order valence-corrected chi connectivity index (χ2v) is 4.59. The number of carbonyl (C=O) groups is 3. The zero-order chi connectivity index (χ0) is 16.4. The molecule has 1 fully saturated rings. The number of rotatable bonds is 2. The van der Waals surface area contributed by atoms with Gasteiger partial charge in [-0.2, -0.15) is 0 Å². The van der Waals surface area contributed by atoms with E-state index in [0.29, 0.717) is 0 Å². The molecule has 0 atom stereocenters. The molecule has 7 heteroatoms. The molecule has 0 aromatic heterocycles. The number of halogens is 2. The minimum Gasteiger partial charge on any atom is -0.268 e. The second-order valence-electron chi connectivity index (χ2n) is 4.59. The first kappa shape index (κ1) is 15.6. The van der Waals surface area contributed by atoms with E-state index in [2.05, 4.69) is 0 Å². The second kappa shape index (κ2) is 5.88. The van der Waals surface area contributed by atoms with Crippen LogP contribution in [0.1, 0.15) is 5.56 Å². The van der Waals surface area contributed by atoms with Crippen LogP contribution in [-0.4, -0.2) is 41.7 Å². The third-order valence-electron chi connectivity index (χ3n) is 3.17. The molecule has 0 aliphatic carbocycles. The summed E-state index contributed by atoms with van der Waals surface area (Å²) in [4.78, 5) is 36.9. The highest BCUT2D eigenvalue weighted by atomic mass is 19.1. The summed E-state index contributed by atoms with van der Waals surface area (Å²) >= 11 is 0. The van der Waals surface area contributed by atoms with Crippen LogP contribution >= 0.6 is 0 Å². The lowest BCUT2D eigenvalue weighted by Gasteiger charge is -2.28. The Morgan fingerprint density at radius 2 is 1.45 bits per heavy atom. The Kier molecular flexibility index (Phi) is 4.16. The quantitative estimate of drug-likeness (QED) is 0.620. The number of allylic oxidation sites excluding steroid dienone is 2. The third-order valence-corrected chi connectivity index (χ3v) is 3.17. The average molecular weight is 306 g/mol. The van der Waals surface area contributed by atoms with Crippen molar-refractivity contribution in [3.8, 4) is 0 Å². The van der Waals surface area contributed by atoms with Gasteiger partial charge in [-0.15, -0.1) is 0 Å². The van der Waals surface area contributed by atoms with Crippen molar-refractivity contribution in [2.75, 3.05) is 14.1 Å². The van der Waals surface area contributed by atoms with Gasteiger partial charge in [0.1, 0.15) is 17.2 Å². The molecule has 1 aliphatic rings. The number of hydrogen-bond donors (Lipinski definition) is 0. The normalized spacial score (nSPS) is 16.0. The zero-order valence-corrected chi connectivity index (χ0v) is 11.8. The van der Waals surface area contributed by atoms with E-state index in [-0.39, 0.29) is 11.1 Å². The number of benzene rings is 1. The Labute approximate surface area is 125 Å². The topological polar surface area (TPSA) is 57.7 Å². The van der Waals surface area contributed by atoms with E-state index in [1.807, 2.05) is 0 Å². The molecule has 0 saturated carbocycles. The van der Waals surface area contributed by atoms with Crippen LogP contribution in [0.25, 0.3) is 6.08 Å². The van der Waals surface area contributed by atoms with E-state index in [0.717, 1.165) is 34.1 Å². The highest BCUT2D eigenvalue weighted by Crippen LogP contribution is 2.16. The largest absolute Gasteiger partial charge is 0.333 e. The van der Waals surface area contributed by atoms with Crippen molar-refractivity contribution in [3.63, 3.8) is 0 Å². The summed E-state index contributed by atoms with van der Waals surface area (Å²) in [5.74, 6) is -3.07. The first-order valence-corrected chi connectivity index (χ1v) is 6.27. The number of barbiturate groups is 1. The SMILES string of the molecule is CN1C(=O)C(=CC=Cc2c(F)cccc2F)C(=O)N(C)C1=O. The lowest BCUT2D eigenvalue weighted by molar-refractivity contribution is -0.134. The number of carbonyl (C=O) groups excluding carboxylic acids is 3. The number of amides is 4. The summed E-state index contributed by atoms with van der Waals surface area (Å²) in [6.45, 7) is 0. The molecule has 5 nitrogen and oxygen atoms in total. The molecule has 0 radical (unpaired) electrons. The smallest absolute Gasteiger partial charge is 0.268 e. The van der Waals surface area contributed by atoms with Gasteiger partial charge in [-0.3, -0.25) is 19.4 Å². The maximum Gasteiger partial charge on any atom is 0.333 e. The molecule has 1 saturated heterocycles. The van der Waals surface area contributed by atoms with Gasteiger partial charge in [0.25, 0.3) is 11.8 Å². The Morgan fingerprint density at radius 3 is 1.95 bits per heavy atom. The molecular formula is C15H12F2N2O3. The Bertz CT molecular complexity index is 679. The van der Waals surface area contributed by atoms with Gasteiger partial charge in [0.2, 0.25) is 0 Å². The fourth-order valence-electron chi connectivity index (χ4n) is 1.90. The maximum absolute atomic E-state index is 13.4. The van der Waals surface area contributed by atoms with Gasteiger partial charge in [0.05, 0.1) is 0 Å². The lowest BCUT2D eigenvalue weighted by atomic mass is 10.1. The fourth-order valence-corrected chi connectivity index (χ4v) is 1.90. The summed E-state index contributed by atoms with van der Waals surface area (Å²) in [5, 5.41) is 0. The molecule has 114 valence electrons. The molecule has 1 aromatic carbocycles. The summed E-state index contributed by atoms with van der Waals surface area (Å²) < 4.78 is 26.9. The first-order chi connectivity index (χ1) is 10.3. The van der Waals surface area contributed by atoms with E-state index >= 15 is 0 Å². The van der Waals surface area contributed by atoms with E-state index in [4.69, 9.17) is 0 Å². The standard InChI is InChI=1S/C15H12F2N2O3/c1-18-13(20)10(14(21)19(2)15(18)22)6-3-5-9-11(16)7-4-8-12(9)17/h3-8H,1-2H3.